The smallest absolute Gasteiger partial charge is 0.238 e. The quantitative estimate of drug-likeness (QED) is 0.521. The molecular weight excluding hydrogens is 418 g/mol. The Labute approximate surface area is 178 Å². The van der Waals surface area contributed by atoms with Gasteiger partial charge in [-0.2, -0.15) is 0 Å². The first-order valence-electron chi connectivity index (χ1n) is 9.71. The second-order valence-corrected chi connectivity index (χ2v) is 8.78. The van der Waals surface area contributed by atoms with Gasteiger partial charge < -0.3 is 13.9 Å². The van der Waals surface area contributed by atoms with E-state index >= 15 is 0 Å². The summed E-state index contributed by atoms with van der Waals surface area (Å²) in [6.45, 7) is 0.315. The SMILES string of the molecule is NS(=O)(=O)c1ccc2c(c1)OCCC([C@@H](c1ncccn1)c1cc3ccccc3o1)O2. The van der Waals surface area contributed by atoms with Gasteiger partial charge >= 0.3 is 0 Å². The summed E-state index contributed by atoms with van der Waals surface area (Å²) in [6, 6.07) is 15.8. The molecule has 31 heavy (non-hydrogen) atoms. The summed E-state index contributed by atoms with van der Waals surface area (Å²) in [5, 5.41) is 6.21. The fourth-order valence-electron chi connectivity index (χ4n) is 3.72. The third-order valence-corrected chi connectivity index (χ3v) is 6.08. The lowest BCUT2D eigenvalue weighted by atomic mass is 9.95. The van der Waals surface area contributed by atoms with Crippen LogP contribution in [0, 0.1) is 0 Å². The monoisotopic (exact) mass is 437 g/mol. The average Bonchev–Trinajstić information content (AvgIpc) is 3.06. The summed E-state index contributed by atoms with van der Waals surface area (Å²) in [7, 11) is -3.85. The molecule has 0 radical (unpaired) electrons. The maximum atomic E-state index is 11.7. The number of sulfonamides is 1. The van der Waals surface area contributed by atoms with Gasteiger partial charge in [0.05, 0.1) is 11.5 Å². The Kier molecular flexibility index (Phi) is 4.84. The minimum atomic E-state index is -3.85. The van der Waals surface area contributed by atoms with Gasteiger partial charge in [-0.15, -0.1) is 0 Å². The van der Waals surface area contributed by atoms with Crippen LogP contribution in [-0.2, 0) is 10.0 Å². The summed E-state index contributed by atoms with van der Waals surface area (Å²) in [5.74, 6) is 1.61. The molecule has 2 aromatic heterocycles. The minimum absolute atomic E-state index is 0.0338. The van der Waals surface area contributed by atoms with Gasteiger partial charge in [-0.3, -0.25) is 0 Å². The zero-order valence-corrected chi connectivity index (χ0v) is 17.2. The van der Waals surface area contributed by atoms with Gasteiger partial charge in [-0.25, -0.2) is 23.5 Å². The zero-order valence-electron chi connectivity index (χ0n) is 16.3. The molecule has 1 aliphatic rings. The predicted molar refractivity (Wildman–Crippen MR) is 112 cm³/mol. The van der Waals surface area contributed by atoms with Crippen molar-refractivity contribution in [1.82, 2.24) is 9.97 Å². The van der Waals surface area contributed by atoms with E-state index in [1.807, 2.05) is 30.3 Å². The predicted octanol–water partition coefficient (Wildman–Crippen LogP) is 3.23. The molecule has 2 atom stereocenters. The number of hydrogen-bond donors (Lipinski definition) is 1. The van der Waals surface area contributed by atoms with Gasteiger partial charge in [-0.05, 0) is 30.3 Å². The van der Waals surface area contributed by atoms with Crippen LogP contribution in [0.2, 0.25) is 0 Å². The molecule has 4 aromatic rings. The number of hydrogen-bond acceptors (Lipinski definition) is 7. The fraction of sp³-hybridized carbons (Fsp3) is 0.182. The van der Waals surface area contributed by atoms with Crippen LogP contribution in [0.3, 0.4) is 0 Å². The Balaban J connectivity index is 1.57. The molecule has 0 aliphatic carbocycles. The van der Waals surface area contributed by atoms with Crippen molar-refractivity contribution in [3.05, 3.63) is 78.6 Å². The second-order valence-electron chi connectivity index (χ2n) is 7.22. The van der Waals surface area contributed by atoms with E-state index in [9.17, 15) is 8.42 Å². The molecule has 5 rings (SSSR count). The molecule has 2 N–H and O–H groups in total. The van der Waals surface area contributed by atoms with Crippen LogP contribution in [0.4, 0.5) is 0 Å². The fourth-order valence-corrected chi connectivity index (χ4v) is 4.25. The molecule has 0 saturated carbocycles. The average molecular weight is 437 g/mol. The van der Waals surface area contributed by atoms with E-state index in [4.69, 9.17) is 19.0 Å². The molecule has 1 aliphatic heterocycles. The first kappa shape index (κ1) is 19.5. The van der Waals surface area contributed by atoms with Crippen molar-refractivity contribution in [3.8, 4) is 11.5 Å². The third kappa shape index (κ3) is 3.85. The molecule has 158 valence electrons. The minimum Gasteiger partial charge on any atom is -0.490 e. The van der Waals surface area contributed by atoms with Crippen LogP contribution < -0.4 is 14.6 Å². The number of nitrogens with two attached hydrogens (primary N) is 1. The highest BCUT2D eigenvalue weighted by atomic mass is 32.2. The largest absolute Gasteiger partial charge is 0.490 e. The van der Waals surface area contributed by atoms with E-state index in [2.05, 4.69) is 9.97 Å². The first-order chi connectivity index (χ1) is 15.0. The molecular formula is C22H19N3O5S. The Morgan fingerprint density at radius 3 is 2.58 bits per heavy atom. The van der Waals surface area contributed by atoms with Gasteiger partial charge in [0.2, 0.25) is 10.0 Å². The van der Waals surface area contributed by atoms with E-state index in [0.717, 1.165) is 11.0 Å². The van der Waals surface area contributed by atoms with Crippen LogP contribution in [-0.4, -0.2) is 31.1 Å². The van der Waals surface area contributed by atoms with E-state index in [1.54, 1.807) is 24.5 Å². The third-order valence-electron chi connectivity index (χ3n) is 5.17. The van der Waals surface area contributed by atoms with Gasteiger partial charge in [0, 0.05) is 30.3 Å². The van der Waals surface area contributed by atoms with Crippen LogP contribution >= 0.6 is 0 Å². The number of benzene rings is 2. The molecule has 1 unspecified atom stereocenters. The molecule has 0 saturated heterocycles. The maximum absolute atomic E-state index is 11.7. The van der Waals surface area contributed by atoms with Crippen molar-refractivity contribution >= 4 is 21.0 Å². The Bertz CT molecular complexity index is 1300. The zero-order chi connectivity index (χ0) is 21.4. The number of rotatable bonds is 4. The molecule has 0 fully saturated rings. The summed E-state index contributed by atoms with van der Waals surface area (Å²) in [5.41, 5.74) is 0.765. The molecule has 0 spiro atoms. The van der Waals surface area contributed by atoms with E-state index < -0.39 is 16.1 Å². The number of primary sulfonamides is 1. The number of furan rings is 1. The molecule has 9 heteroatoms. The van der Waals surface area contributed by atoms with Crippen molar-refractivity contribution < 1.29 is 22.3 Å². The van der Waals surface area contributed by atoms with Crippen molar-refractivity contribution in [2.75, 3.05) is 6.61 Å². The second kappa shape index (κ2) is 7.68. The van der Waals surface area contributed by atoms with Gasteiger partial charge in [0.15, 0.2) is 11.5 Å². The van der Waals surface area contributed by atoms with E-state index in [1.165, 1.54) is 12.1 Å². The lowest BCUT2D eigenvalue weighted by Gasteiger charge is -2.23. The number of para-hydroxylation sites is 1. The van der Waals surface area contributed by atoms with Crippen LogP contribution in [0.15, 0.2) is 76.3 Å². The first-order valence-corrected chi connectivity index (χ1v) is 11.3. The van der Waals surface area contributed by atoms with Crippen LogP contribution in [0.5, 0.6) is 11.5 Å². The number of fused-ring (bicyclic) bond motifs is 2. The number of aromatic nitrogens is 2. The lowest BCUT2D eigenvalue weighted by molar-refractivity contribution is 0.161. The van der Waals surface area contributed by atoms with Gasteiger partial charge in [0.25, 0.3) is 0 Å². The van der Waals surface area contributed by atoms with Gasteiger partial charge in [-0.1, -0.05) is 18.2 Å². The highest BCUT2D eigenvalue weighted by Crippen LogP contribution is 2.39. The topological polar surface area (TPSA) is 118 Å². The van der Waals surface area contributed by atoms with Crippen molar-refractivity contribution in [1.29, 1.82) is 0 Å². The number of nitrogens with zero attached hydrogens (tertiary/aromatic N) is 2. The maximum Gasteiger partial charge on any atom is 0.238 e. The molecule has 8 nitrogen and oxygen atoms in total. The molecule has 0 bridgehead atoms. The van der Waals surface area contributed by atoms with Crippen molar-refractivity contribution in [3.63, 3.8) is 0 Å². The molecule has 3 heterocycles. The number of ether oxygens (including phenoxy) is 2. The summed E-state index contributed by atoms with van der Waals surface area (Å²) >= 11 is 0. The van der Waals surface area contributed by atoms with E-state index in [-0.39, 0.29) is 10.8 Å². The lowest BCUT2D eigenvalue weighted by Crippen LogP contribution is -2.28. The Morgan fingerprint density at radius 1 is 1.00 bits per heavy atom. The summed E-state index contributed by atoms with van der Waals surface area (Å²) in [4.78, 5) is 8.86. The van der Waals surface area contributed by atoms with Gasteiger partial charge in [0.1, 0.15) is 29.2 Å². The van der Waals surface area contributed by atoms with Crippen molar-refractivity contribution in [2.45, 2.75) is 23.3 Å². The highest BCUT2D eigenvalue weighted by molar-refractivity contribution is 7.89. The summed E-state index contributed by atoms with van der Waals surface area (Å²) < 4.78 is 41.6. The molecule has 2 aromatic carbocycles. The van der Waals surface area contributed by atoms with Crippen LogP contribution in [0.1, 0.15) is 23.9 Å². The standard InChI is InChI=1S/C22H19N3O5S/c23-31(26,27)15-6-7-17-19(13-15)28-11-8-18(30-17)21(22-24-9-3-10-25-22)20-12-14-4-1-2-5-16(14)29-20/h1-7,9-10,12-13,18,21H,8,11H2,(H2,23,26,27)/t18?,21-/m1/s1. The summed E-state index contributed by atoms with van der Waals surface area (Å²) in [6.07, 6.45) is 3.47. The Hall–Kier alpha value is -3.43. The van der Waals surface area contributed by atoms with E-state index in [0.29, 0.717) is 36.1 Å². The normalized spacial score (nSPS) is 17.3. The molecule has 0 amide bonds. The van der Waals surface area contributed by atoms with Crippen molar-refractivity contribution in [2.24, 2.45) is 5.14 Å². The van der Waals surface area contributed by atoms with Crippen LogP contribution in [0.25, 0.3) is 11.0 Å². The highest BCUT2D eigenvalue weighted by Gasteiger charge is 2.34. The Morgan fingerprint density at radius 2 is 1.81 bits per heavy atom.